The Labute approximate surface area is 131 Å². The molecule has 0 fully saturated rings. The van der Waals surface area contributed by atoms with E-state index in [0.717, 1.165) is 23.5 Å². The number of rotatable bonds is 6. The minimum absolute atomic E-state index is 0.443. The zero-order valence-electron chi connectivity index (χ0n) is 13.2. The fourth-order valence-corrected chi connectivity index (χ4v) is 2.07. The van der Waals surface area contributed by atoms with Crippen LogP contribution in [0.3, 0.4) is 0 Å². The van der Waals surface area contributed by atoms with Gasteiger partial charge in [0.2, 0.25) is 0 Å². The van der Waals surface area contributed by atoms with Crippen LogP contribution in [-0.4, -0.2) is 22.1 Å². The number of imidazole rings is 1. The molecule has 0 unspecified atom stereocenters. The monoisotopic (exact) mass is 297 g/mol. The Morgan fingerprint density at radius 2 is 2.18 bits per heavy atom. The summed E-state index contributed by atoms with van der Waals surface area (Å²) in [6.07, 6.45) is 3.80. The van der Waals surface area contributed by atoms with E-state index in [1.165, 1.54) is 5.56 Å². The van der Waals surface area contributed by atoms with Gasteiger partial charge in [-0.25, -0.2) is 9.98 Å². The number of aromatic nitrogens is 2. The SMILES string of the molecule is C=C(C)CNC(N)=NCc1cccc(Cn2ccnc2C)c1. The Hall–Kier alpha value is -2.56. The Bertz CT molecular complexity index is 669. The third-order valence-electron chi connectivity index (χ3n) is 3.27. The molecule has 0 spiro atoms. The number of hydrogen-bond acceptors (Lipinski definition) is 2. The third kappa shape index (κ3) is 4.77. The minimum atomic E-state index is 0.443. The number of nitrogens with one attached hydrogen (secondary N) is 1. The second-order valence-corrected chi connectivity index (χ2v) is 5.43. The van der Waals surface area contributed by atoms with Crippen LogP contribution in [-0.2, 0) is 13.1 Å². The van der Waals surface area contributed by atoms with Gasteiger partial charge in [-0.2, -0.15) is 0 Å². The van der Waals surface area contributed by atoms with Gasteiger partial charge >= 0.3 is 0 Å². The van der Waals surface area contributed by atoms with Crippen molar-refractivity contribution in [1.29, 1.82) is 0 Å². The fraction of sp³-hybridized carbons (Fsp3) is 0.294. The molecular formula is C17H23N5. The highest BCUT2D eigenvalue weighted by molar-refractivity contribution is 5.78. The highest BCUT2D eigenvalue weighted by Gasteiger charge is 2.00. The van der Waals surface area contributed by atoms with Crippen molar-refractivity contribution >= 4 is 5.96 Å². The topological polar surface area (TPSA) is 68.2 Å². The zero-order valence-corrected chi connectivity index (χ0v) is 13.2. The van der Waals surface area contributed by atoms with Gasteiger partial charge in [-0.15, -0.1) is 0 Å². The first-order valence-corrected chi connectivity index (χ1v) is 7.28. The van der Waals surface area contributed by atoms with E-state index in [4.69, 9.17) is 5.73 Å². The number of nitrogens with two attached hydrogens (primary N) is 1. The normalized spacial score (nSPS) is 11.5. The standard InChI is InChI=1S/C17H23N5/c1-13(2)10-20-17(18)21-11-15-5-4-6-16(9-15)12-22-8-7-19-14(22)3/h4-9H,1,10-12H2,2-3H3,(H3,18,20,21). The molecule has 0 aliphatic heterocycles. The molecule has 5 heteroatoms. The van der Waals surface area contributed by atoms with Gasteiger partial charge in [0, 0.05) is 25.5 Å². The first-order valence-electron chi connectivity index (χ1n) is 7.28. The molecule has 116 valence electrons. The van der Waals surface area contributed by atoms with Gasteiger partial charge in [-0.3, -0.25) is 0 Å². The molecule has 0 amide bonds. The van der Waals surface area contributed by atoms with Gasteiger partial charge in [0.25, 0.3) is 0 Å². The van der Waals surface area contributed by atoms with E-state index in [2.05, 4.69) is 44.6 Å². The Balaban J connectivity index is 1.98. The molecule has 2 rings (SSSR count). The van der Waals surface area contributed by atoms with Crippen molar-refractivity contribution < 1.29 is 0 Å². The van der Waals surface area contributed by atoms with Gasteiger partial charge in [-0.1, -0.05) is 36.4 Å². The lowest BCUT2D eigenvalue weighted by Gasteiger charge is -2.08. The summed E-state index contributed by atoms with van der Waals surface area (Å²) in [7, 11) is 0. The zero-order chi connectivity index (χ0) is 15.9. The predicted molar refractivity (Wildman–Crippen MR) is 90.7 cm³/mol. The average molecular weight is 297 g/mol. The Kier molecular flexibility index (Phi) is 5.36. The van der Waals surface area contributed by atoms with Crippen molar-refractivity contribution in [3.8, 4) is 0 Å². The van der Waals surface area contributed by atoms with Crippen LogP contribution < -0.4 is 11.1 Å². The van der Waals surface area contributed by atoms with Crippen LogP contribution >= 0.6 is 0 Å². The molecule has 2 aromatic rings. The molecule has 0 radical (unpaired) electrons. The fourth-order valence-electron chi connectivity index (χ4n) is 2.07. The van der Waals surface area contributed by atoms with Crippen LogP contribution in [0.2, 0.25) is 0 Å². The summed E-state index contributed by atoms with van der Waals surface area (Å²) in [6.45, 7) is 9.79. The molecule has 1 aromatic heterocycles. The molecule has 0 aliphatic carbocycles. The summed E-state index contributed by atoms with van der Waals surface area (Å²) in [5, 5.41) is 3.03. The van der Waals surface area contributed by atoms with E-state index in [1.54, 1.807) is 0 Å². The van der Waals surface area contributed by atoms with Crippen molar-refractivity contribution in [2.24, 2.45) is 10.7 Å². The summed E-state index contributed by atoms with van der Waals surface area (Å²) < 4.78 is 2.12. The molecule has 0 aliphatic rings. The summed E-state index contributed by atoms with van der Waals surface area (Å²) in [5.74, 6) is 1.45. The van der Waals surface area contributed by atoms with Crippen LogP contribution in [0, 0.1) is 6.92 Å². The highest BCUT2D eigenvalue weighted by atomic mass is 15.1. The number of benzene rings is 1. The summed E-state index contributed by atoms with van der Waals surface area (Å²) in [5.41, 5.74) is 9.21. The summed E-state index contributed by atoms with van der Waals surface area (Å²) in [4.78, 5) is 8.58. The lowest BCUT2D eigenvalue weighted by atomic mass is 10.1. The molecule has 0 saturated heterocycles. The van der Waals surface area contributed by atoms with E-state index >= 15 is 0 Å². The number of aryl methyl sites for hydroxylation is 1. The molecule has 0 atom stereocenters. The molecule has 1 heterocycles. The van der Waals surface area contributed by atoms with Gasteiger partial charge in [-0.05, 0) is 25.0 Å². The maximum absolute atomic E-state index is 5.82. The van der Waals surface area contributed by atoms with E-state index in [-0.39, 0.29) is 0 Å². The Morgan fingerprint density at radius 1 is 1.41 bits per heavy atom. The molecule has 3 N–H and O–H groups in total. The first kappa shape index (κ1) is 15.8. The predicted octanol–water partition coefficient (Wildman–Crippen LogP) is 2.22. The van der Waals surface area contributed by atoms with Gasteiger partial charge < -0.3 is 15.6 Å². The summed E-state index contributed by atoms with van der Waals surface area (Å²) in [6, 6.07) is 8.36. The maximum Gasteiger partial charge on any atom is 0.189 e. The highest BCUT2D eigenvalue weighted by Crippen LogP contribution is 2.09. The number of nitrogens with zero attached hydrogens (tertiary/aromatic N) is 3. The van der Waals surface area contributed by atoms with Crippen molar-refractivity contribution in [2.45, 2.75) is 26.9 Å². The van der Waals surface area contributed by atoms with E-state index in [0.29, 0.717) is 19.0 Å². The lowest BCUT2D eigenvalue weighted by Crippen LogP contribution is -2.32. The van der Waals surface area contributed by atoms with Crippen LogP contribution in [0.5, 0.6) is 0 Å². The van der Waals surface area contributed by atoms with E-state index in [9.17, 15) is 0 Å². The van der Waals surface area contributed by atoms with Crippen molar-refractivity contribution in [2.75, 3.05) is 6.54 Å². The van der Waals surface area contributed by atoms with Crippen molar-refractivity contribution in [1.82, 2.24) is 14.9 Å². The lowest BCUT2D eigenvalue weighted by molar-refractivity contribution is 0.760. The second-order valence-electron chi connectivity index (χ2n) is 5.43. The quantitative estimate of drug-likeness (QED) is 0.488. The van der Waals surface area contributed by atoms with Gasteiger partial charge in [0.1, 0.15) is 5.82 Å². The molecule has 1 aromatic carbocycles. The largest absolute Gasteiger partial charge is 0.370 e. The molecule has 0 saturated carbocycles. The second kappa shape index (κ2) is 7.45. The molecule has 0 bridgehead atoms. The Morgan fingerprint density at radius 3 is 2.86 bits per heavy atom. The van der Waals surface area contributed by atoms with Crippen molar-refractivity contribution in [3.63, 3.8) is 0 Å². The van der Waals surface area contributed by atoms with Gasteiger partial charge in [0.15, 0.2) is 5.96 Å². The van der Waals surface area contributed by atoms with E-state index in [1.807, 2.05) is 32.3 Å². The molecular weight excluding hydrogens is 274 g/mol. The van der Waals surface area contributed by atoms with Crippen molar-refractivity contribution in [3.05, 3.63) is 65.8 Å². The number of hydrogen-bond donors (Lipinski definition) is 2. The maximum atomic E-state index is 5.82. The first-order chi connectivity index (χ1) is 10.5. The number of aliphatic imine (C=N–C) groups is 1. The van der Waals surface area contributed by atoms with Crippen LogP contribution in [0.4, 0.5) is 0 Å². The third-order valence-corrected chi connectivity index (χ3v) is 3.27. The number of guanidine groups is 1. The van der Waals surface area contributed by atoms with Gasteiger partial charge in [0.05, 0.1) is 6.54 Å². The smallest absolute Gasteiger partial charge is 0.189 e. The minimum Gasteiger partial charge on any atom is -0.370 e. The average Bonchev–Trinajstić information content (AvgIpc) is 2.88. The van der Waals surface area contributed by atoms with Crippen LogP contribution in [0.15, 0.2) is 53.8 Å². The molecule has 22 heavy (non-hydrogen) atoms. The van der Waals surface area contributed by atoms with Crippen LogP contribution in [0.1, 0.15) is 23.9 Å². The summed E-state index contributed by atoms with van der Waals surface area (Å²) >= 11 is 0. The van der Waals surface area contributed by atoms with Crippen LogP contribution in [0.25, 0.3) is 0 Å². The van der Waals surface area contributed by atoms with E-state index < -0.39 is 0 Å². The molecule has 5 nitrogen and oxygen atoms in total.